The predicted molar refractivity (Wildman–Crippen MR) is 116 cm³/mol. The zero-order chi connectivity index (χ0) is 19.9. The second-order valence-electron chi connectivity index (χ2n) is 6.87. The third kappa shape index (κ3) is 5.23. The molecular formula is C22H26N4OS. The fourth-order valence-corrected chi connectivity index (χ4v) is 3.57. The van der Waals surface area contributed by atoms with Gasteiger partial charge in [-0.3, -0.25) is 4.79 Å². The van der Waals surface area contributed by atoms with Gasteiger partial charge in [0.25, 0.3) is 0 Å². The van der Waals surface area contributed by atoms with Crippen LogP contribution in [0.2, 0.25) is 0 Å². The van der Waals surface area contributed by atoms with Crippen LogP contribution in [0.4, 0.5) is 5.69 Å². The van der Waals surface area contributed by atoms with Crippen LogP contribution in [0.5, 0.6) is 0 Å². The van der Waals surface area contributed by atoms with Crippen molar-refractivity contribution >= 4 is 23.4 Å². The Morgan fingerprint density at radius 2 is 1.79 bits per heavy atom. The highest BCUT2D eigenvalue weighted by Gasteiger charge is 2.13. The number of nitrogens with zero attached hydrogens (tertiary/aromatic N) is 3. The van der Waals surface area contributed by atoms with Gasteiger partial charge in [-0.15, -0.1) is 10.2 Å². The van der Waals surface area contributed by atoms with Crippen LogP contribution in [0.3, 0.4) is 0 Å². The average Bonchev–Trinajstić information content (AvgIpc) is 3.07. The molecule has 2 aromatic carbocycles. The van der Waals surface area contributed by atoms with Gasteiger partial charge in [0.05, 0.1) is 5.75 Å². The molecule has 0 saturated heterocycles. The van der Waals surface area contributed by atoms with E-state index in [9.17, 15) is 4.79 Å². The van der Waals surface area contributed by atoms with Crippen LogP contribution >= 0.6 is 11.8 Å². The monoisotopic (exact) mass is 394 g/mol. The lowest BCUT2D eigenvalue weighted by Gasteiger charge is -2.07. The summed E-state index contributed by atoms with van der Waals surface area (Å²) in [6.45, 7) is 4.24. The molecule has 28 heavy (non-hydrogen) atoms. The number of thioether (sulfide) groups is 1. The lowest BCUT2D eigenvalue weighted by molar-refractivity contribution is -0.113. The zero-order valence-corrected chi connectivity index (χ0v) is 17.4. The molecule has 1 amide bonds. The van der Waals surface area contributed by atoms with Crippen LogP contribution in [-0.2, 0) is 18.3 Å². The minimum atomic E-state index is -0.0498. The minimum absolute atomic E-state index is 0.0498. The van der Waals surface area contributed by atoms with E-state index < -0.39 is 0 Å². The summed E-state index contributed by atoms with van der Waals surface area (Å²) in [5.74, 6) is 1.04. The number of benzene rings is 2. The van der Waals surface area contributed by atoms with Gasteiger partial charge in [-0.05, 0) is 37.5 Å². The summed E-state index contributed by atoms with van der Waals surface area (Å²) in [5, 5.41) is 12.2. The summed E-state index contributed by atoms with van der Waals surface area (Å²) in [6.07, 6.45) is 3.45. The SMILES string of the molecule is CCCCc1ccc(NC(=O)CSc2nnc(-c3ccc(C)cc3)n2C)cc1. The summed E-state index contributed by atoms with van der Waals surface area (Å²) in [4.78, 5) is 12.3. The van der Waals surface area contributed by atoms with Gasteiger partial charge in [-0.1, -0.05) is 67.1 Å². The molecule has 6 heteroatoms. The molecule has 3 rings (SSSR count). The molecule has 0 atom stereocenters. The second-order valence-corrected chi connectivity index (χ2v) is 7.81. The van der Waals surface area contributed by atoms with Gasteiger partial charge in [-0.2, -0.15) is 0 Å². The third-order valence-electron chi connectivity index (χ3n) is 4.53. The molecule has 0 spiro atoms. The maximum Gasteiger partial charge on any atom is 0.234 e. The van der Waals surface area contributed by atoms with Gasteiger partial charge >= 0.3 is 0 Å². The second kappa shape index (κ2) is 9.55. The molecule has 5 nitrogen and oxygen atoms in total. The number of rotatable bonds is 8. The fraction of sp³-hybridized carbons (Fsp3) is 0.318. The number of aryl methyl sites for hydroxylation is 2. The van der Waals surface area contributed by atoms with E-state index in [4.69, 9.17) is 0 Å². The zero-order valence-electron chi connectivity index (χ0n) is 16.6. The molecule has 0 unspecified atom stereocenters. The summed E-state index contributed by atoms with van der Waals surface area (Å²) in [7, 11) is 1.92. The number of nitrogens with one attached hydrogen (secondary N) is 1. The molecule has 0 aliphatic carbocycles. The number of hydrogen-bond donors (Lipinski definition) is 1. The molecule has 0 fully saturated rings. The van der Waals surface area contributed by atoms with Crippen molar-refractivity contribution in [1.29, 1.82) is 0 Å². The van der Waals surface area contributed by atoms with Gasteiger partial charge in [0.15, 0.2) is 11.0 Å². The molecule has 146 valence electrons. The van der Waals surface area contributed by atoms with Crippen molar-refractivity contribution in [2.75, 3.05) is 11.1 Å². The minimum Gasteiger partial charge on any atom is -0.325 e. The van der Waals surface area contributed by atoms with Crippen molar-refractivity contribution in [3.63, 3.8) is 0 Å². The van der Waals surface area contributed by atoms with Gasteiger partial charge in [0, 0.05) is 18.3 Å². The first kappa shape index (κ1) is 20.1. The Labute approximate surface area is 170 Å². The molecule has 1 N–H and O–H groups in total. The Morgan fingerprint density at radius 3 is 2.46 bits per heavy atom. The Kier molecular flexibility index (Phi) is 6.87. The number of hydrogen-bond acceptors (Lipinski definition) is 4. The maximum atomic E-state index is 12.3. The standard InChI is InChI=1S/C22H26N4OS/c1-4-5-6-17-9-13-19(14-10-17)23-20(27)15-28-22-25-24-21(26(22)3)18-11-7-16(2)8-12-18/h7-14H,4-6,15H2,1-3H3,(H,23,27). The van der Waals surface area contributed by atoms with Crippen molar-refractivity contribution in [2.24, 2.45) is 7.05 Å². The van der Waals surface area contributed by atoms with Crippen LogP contribution in [0, 0.1) is 6.92 Å². The van der Waals surface area contributed by atoms with E-state index in [1.54, 1.807) is 0 Å². The number of aromatic nitrogens is 3. The van der Waals surface area contributed by atoms with Gasteiger partial charge in [0.1, 0.15) is 0 Å². The van der Waals surface area contributed by atoms with Crippen molar-refractivity contribution in [3.05, 3.63) is 59.7 Å². The molecule has 0 radical (unpaired) electrons. The average molecular weight is 395 g/mol. The van der Waals surface area contributed by atoms with Crippen molar-refractivity contribution < 1.29 is 4.79 Å². The Hall–Kier alpha value is -2.60. The highest BCUT2D eigenvalue weighted by Crippen LogP contribution is 2.23. The van der Waals surface area contributed by atoms with E-state index in [0.29, 0.717) is 0 Å². The van der Waals surface area contributed by atoms with E-state index in [1.165, 1.54) is 35.7 Å². The Bertz CT molecular complexity index is 917. The first-order chi connectivity index (χ1) is 13.6. The Morgan fingerprint density at radius 1 is 1.07 bits per heavy atom. The number of amides is 1. The van der Waals surface area contributed by atoms with Crippen molar-refractivity contribution in [2.45, 2.75) is 38.3 Å². The predicted octanol–water partition coefficient (Wildman–Crippen LogP) is 4.86. The maximum absolute atomic E-state index is 12.3. The molecular weight excluding hydrogens is 368 g/mol. The Balaban J connectivity index is 1.55. The van der Waals surface area contributed by atoms with E-state index in [0.717, 1.165) is 28.7 Å². The number of carbonyl (C=O) groups excluding carboxylic acids is 1. The smallest absolute Gasteiger partial charge is 0.234 e. The summed E-state index contributed by atoms with van der Waals surface area (Å²) >= 11 is 1.38. The molecule has 3 aromatic rings. The quantitative estimate of drug-likeness (QED) is 0.554. The normalized spacial score (nSPS) is 10.8. The largest absolute Gasteiger partial charge is 0.325 e. The summed E-state index contributed by atoms with van der Waals surface area (Å²) < 4.78 is 1.92. The molecule has 0 bridgehead atoms. The molecule has 0 aliphatic rings. The first-order valence-corrected chi connectivity index (χ1v) is 10.5. The lowest BCUT2D eigenvalue weighted by atomic mass is 10.1. The summed E-state index contributed by atoms with van der Waals surface area (Å²) in [5.41, 5.74) is 4.34. The van der Waals surface area contributed by atoms with Gasteiger partial charge < -0.3 is 9.88 Å². The first-order valence-electron chi connectivity index (χ1n) is 9.55. The van der Waals surface area contributed by atoms with E-state index in [1.807, 2.05) is 35.9 Å². The van der Waals surface area contributed by atoms with Crippen LogP contribution in [-0.4, -0.2) is 26.4 Å². The van der Waals surface area contributed by atoms with E-state index in [-0.39, 0.29) is 11.7 Å². The highest BCUT2D eigenvalue weighted by atomic mass is 32.2. The van der Waals surface area contributed by atoms with Gasteiger partial charge in [0.2, 0.25) is 5.91 Å². The number of anilines is 1. The molecule has 0 saturated carbocycles. The van der Waals surface area contributed by atoms with Crippen molar-refractivity contribution in [3.8, 4) is 11.4 Å². The molecule has 1 aromatic heterocycles. The van der Waals surface area contributed by atoms with Crippen LogP contribution in [0.25, 0.3) is 11.4 Å². The lowest BCUT2D eigenvalue weighted by Crippen LogP contribution is -2.14. The van der Waals surface area contributed by atoms with Crippen LogP contribution < -0.4 is 5.32 Å². The van der Waals surface area contributed by atoms with Crippen LogP contribution in [0.15, 0.2) is 53.7 Å². The van der Waals surface area contributed by atoms with E-state index in [2.05, 4.69) is 53.6 Å². The van der Waals surface area contributed by atoms with Gasteiger partial charge in [-0.25, -0.2) is 0 Å². The number of unbranched alkanes of at least 4 members (excludes halogenated alkanes) is 1. The highest BCUT2D eigenvalue weighted by molar-refractivity contribution is 7.99. The van der Waals surface area contributed by atoms with Crippen molar-refractivity contribution in [1.82, 2.24) is 14.8 Å². The molecule has 1 heterocycles. The molecule has 0 aliphatic heterocycles. The topological polar surface area (TPSA) is 59.8 Å². The number of carbonyl (C=O) groups is 1. The third-order valence-corrected chi connectivity index (χ3v) is 5.55. The summed E-state index contributed by atoms with van der Waals surface area (Å²) in [6, 6.07) is 16.3. The van der Waals surface area contributed by atoms with E-state index >= 15 is 0 Å². The fourth-order valence-electron chi connectivity index (χ4n) is 2.86. The van der Waals surface area contributed by atoms with Crippen LogP contribution in [0.1, 0.15) is 30.9 Å².